The average Bonchev–Trinajstić information content (AvgIpc) is 2.04. The number of nitrogens with two attached hydrogens (primary N) is 1. The standard InChI is InChI=1S/C7H9N3O/c8-6-4-10-7-5(11-6)2-1-3-9-7/h1-3,6H,4,8H2,(H,9,10). The van der Waals surface area contributed by atoms with Crippen LogP contribution >= 0.6 is 0 Å². The maximum atomic E-state index is 5.54. The fourth-order valence-corrected chi connectivity index (χ4v) is 1.02. The first-order chi connectivity index (χ1) is 5.36. The van der Waals surface area contributed by atoms with E-state index in [2.05, 4.69) is 10.3 Å². The highest BCUT2D eigenvalue weighted by Gasteiger charge is 2.14. The molecule has 3 N–H and O–H groups in total. The van der Waals surface area contributed by atoms with Crippen molar-refractivity contribution in [2.75, 3.05) is 11.9 Å². The summed E-state index contributed by atoms with van der Waals surface area (Å²) in [5.74, 6) is 1.50. The van der Waals surface area contributed by atoms with Gasteiger partial charge in [-0.15, -0.1) is 0 Å². The maximum absolute atomic E-state index is 5.54. The van der Waals surface area contributed by atoms with Crippen molar-refractivity contribution in [2.24, 2.45) is 5.73 Å². The third kappa shape index (κ3) is 1.12. The van der Waals surface area contributed by atoms with Gasteiger partial charge in [0.05, 0.1) is 6.54 Å². The maximum Gasteiger partial charge on any atom is 0.169 e. The molecule has 58 valence electrons. The number of hydrogen-bond donors (Lipinski definition) is 2. The predicted octanol–water partition coefficient (Wildman–Crippen LogP) is 0.171. The van der Waals surface area contributed by atoms with E-state index in [-0.39, 0.29) is 6.23 Å². The highest BCUT2D eigenvalue weighted by Crippen LogP contribution is 2.23. The number of fused-ring (bicyclic) bond motifs is 1. The van der Waals surface area contributed by atoms with Gasteiger partial charge in [-0.1, -0.05) is 0 Å². The van der Waals surface area contributed by atoms with Crippen LogP contribution in [-0.4, -0.2) is 17.8 Å². The zero-order valence-electron chi connectivity index (χ0n) is 5.95. The van der Waals surface area contributed by atoms with E-state index >= 15 is 0 Å². The van der Waals surface area contributed by atoms with Gasteiger partial charge in [0.1, 0.15) is 0 Å². The number of rotatable bonds is 0. The van der Waals surface area contributed by atoms with Crippen molar-refractivity contribution in [1.29, 1.82) is 0 Å². The van der Waals surface area contributed by atoms with Crippen molar-refractivity contribution in [3.8, 4) is 5.75 Å². The van der Waals surface area contributed by atoms with Gasteiger partial charge < -0.3 is 10.1 Å². The van der Waals surface area contributed by atoms with Crippen LogP contribution in [0.25, 0.3) is 0 Å². The first-order valence-corrected chi connectivity index (χ1v) is 3.47. The number of nitrogens with zero attached hydrogens (tertiary/aromatic N) is 1. The lowest BCUT2D eigenvalue weighted by atomic mass is 10.3. The molecule has 0 radical (unpaired) electrons. The second-order valence-electron chi connectivity index (χ2n) is 2.39. The highest BCUT2D eigenvalue weighted by molar-refractivity contribution is 5.51. The summed E-state index contributed by atoms with van der Waals surface area (Å²) in [5.41, 5.74) is 5.54. The number of anilines is 1. The van der Waals surface area contributed by atoms with Crippen LogP contribution < -0.4 is 15.8 Å². The van der Waals surface area contributed by atoms with Crippen LogP contribution in [0, 0.1) is 0 Å². The number of hydrogen-bond acceptors (Lipinski definition) is 4. The quantitative estimate of drug-likeness (QED) is 0.555. The van der Waals surface area contributed by atoms with Crippen LogP contribution in [0.4, 0.5) is 5.82 Å². The molecule has 0 bridgehead atoms. The first-order valence-electron chi connectivity index (χ1n) is 3.47. The van der Waals surface area contributed by atoms with Crippen molar-refractivity contribution in [3.63, 3.8) is 0 Å². The molecule has 0 amide bonds. The fraction of sp³-hybridized carbons (Fsp3) is 0.286. The Kier molecular flexibility index (Phi) is 1.40. The molecule has 11 heavy (non-hydrogen) atoms. The molecule has 1 aromatic heterocycles. The van der Waals surface area contributed by atoms with E-state index in [1.807, 2.05) is 12.1 Å². The molecule has 1 unspecified atom stereocenters. The van der Waals surface area contributed by atoms with Crippen LogP contribution in [0.5, 0.6) is 5.75 Å². The summed E-state index contributed by atoms with van der Waals surface area (Å²) < 4.78 is 5.28. The molecule has 1 aliphatic heterocycles. The van der Waals surface area contributed by atoms with Gasteiger partial charge in [0.15, 0.2) is 17.8 Å². The fourth-order valence-electron chi connectivity index (χ4n) is 1.02. The van der Waals surface area contributed by atoms with Crippen LogP contribution in [-0.2, 0) is 0 Å². The van der Waals surface area contributed by atoms with Gasteiger partial charge in [-0.25, -0.2) is 4.98 Å². The molecule has 0 saturated carbocycles. The number of aromatic nitrogens is 1. The molecule has 1 aromatic rings. The topological polar surface area (TPSA) is 60.2 Å². The third-order valence-corrected chi connectivity index (χ3v) is 1.52. The van der Waals surface area contributed by atoms with Gasteiger partial charge in [0.2, 0.25) is 0 Å². The van der Waals surface area contributed by atoms with E-state index in [0.717, 1.165) is 11.6 Å². The SMILES string of the molecule is NC1CNc2ncccc2O1. The molecular formula is C7H9N3O. The Morgan fingerprint density at radius 2 is 2.64 bits per heavy atom. The minimum absolute atomic E-state index is 0.258. The van der Waals surface area contributed by atoms with E-state index in [1.165, 1.54) is 0 Å². The van der Waals surface area contributed by atoms with E-state index in [0.29, 0.717) is 6.54 Å². The van der Waals surface area contributed by atoms with Crippen LogP contribution in [0.15, 0.2) is 18.3 Å². The zero-order chi connectivity index (χ0) is 7.68. The minimum Gasteiger partial charge on any atom is -0.470 e. The van der Waals surface area contributed by atoms with Gasteiger partial charge in [0, 0.05) is 6.20 Å². The summed E-state index contributed by atoms with van der Waals surface area (Å²) in [6.07, 6.45) is 1.46. The Morgan fingerprint density at radius 3 is 3.55 bits per heavy atom. The number of nitrogens with one attached hydrogen (secondary N) is 1. The third-order valence-electron chi connectivity index (χ3n) is 1.52. The monoisotopic (exact) mass is 151 g/mol. The molecule has 0 aliphatic carbocycles. The lowest BCUT2D eigenvalue weighted by molar-refractivity contribution is 0.212. The molecule has 2 rings (SSSR count). The molecule has 1 atom stereocenters. The van der Waals surface area contributed by atoms with Crippen LogP contribution in [0.3, 0.4) is 0 Å². The van der Waals surface area contributed by atoms with E-state index < -0.39 is 0 Å². The number of pyridine rings is 1. The Morgan fingerprint density at radius 1 is 1.73 bits per heavy atom. The van der Waals surface area contributed by atoms with Crippen molar-refractivity contribution in [3.05, 3.63) is 18.3 Å². The van der Waals surface area contributed by atoms with Crippen molar-refractivity contribution in [1.82, 2.24) is 4.98 Å². The van der Waals surface area contributed by atoms with Gasteiger partial charge in [-0.2, -0.15) is 0 Å². The minimum atomic E-state index is -0.258. The molecule has 4 nitrogen and oxygen atoms in total. The van der Waals surface area contributed by atoms with Gasteiger partial charge in [0.25, 0.3) is 0 Å². The predicted molar refractivity (Wildman–Crippen MR) is 41.3 cm³/mol. The summed E-state index contributed by atoms with van der Waals surface area (Å²) in [6, 6.07) is 3.66. The van der Waals surface area contributed by atoms with Crippen LogP contribution in [0.2, 0.25) is 0 Å². The van der Waals surface area contributed by atoms with Gasteiger partial charge >= 0.3 is 0 Å². The highest BCUT2D eigenvalue weighted by atomic mass is 16.5. The Hall–Kier alpha value is -1.29. The average molecular weight is 151 g/mol. The summed E-state index contributed by atoms with van der Waals surface area (Å²) in [7, 11) is 0. The second kappa shape index (κ2) is 2.39. The van der Waals surface area contributed by atoms with Crippen molar-refractivity contribution < 1.29 is 4.74 Å². The van der Waals surface area contributed by atoms with Crippen molar-refractivity contribution in [2.45, 2.75) is 6.23 Å². The summed E-state index contributed by atoms with van der Waals surface area (Å²) in [6.45, 7) is 0.615. The molecular weight excluding hydrogens is 142 g/mol. The molecule has 0 spiro atoms. The first kappa shape index (κ1) is 6.42. The molecule has 2 heterocycles. The Balaban J connectivity index is 2.34. The number of ether oxygens (including phenoxy) is 1. The molecule has 0 fully saturated rings. The van der Waals surface area contributed by atoms with Crippen LogP contribution in [0.1, 0.15) is 0 Å². The van der Waals surface area contributed by atoms with Gasteiger partial charge in [-0.05, 0) is 12.1 Å². The second-order valence-corrected chi connectivity index (χ2v) is 2.39. The normalized spacial score (nSPS) is 21.4. The van der Waals surface area contributed by atoms with Gasteiger partial charge in [-0.3, -0.25) is 5.73 Å². The largest absolute Gasteiger partial charge is 0.470 e. The Bertz CT molecular complexity index is 264. The summed E-state index contributed by atoms with van der Waals surface area (Å²) >= 11 is 0. The van der Waals surface area contributed by atoms with E-state index in [1.54, 1.807) is 6.20 Å². The van der Waals surface area contributed by atoms with E-state index in [4.69, 9.17) is 10.5 Å². The molecule has 1 aliphatic rings. The Labute approximate surface area is 64.4 Å². The molecule has 4 heteroatoms. The lowest BCUT2D eigenvalue weighted by Gasteiger charge is -2.22. The van der Waals surface area contributed by atoms with E-state index in [9.17, 15) is 0 Å². The molecule has 0 aromatic carbocycles. The zero-order valence-corrected chi connectivity index (χ0v) is 5.95. The lowest BCUT2D eigenvalue weighted by Crippen LogP contribution is -2.38. The summed E-state index contributed by atoms with van der Waals surface area (Å²) in [4.78, 5) is 4.06. The van der Waals surface area contributed by atoms with Crippen molar-refractivity contribution >= 4 is 5.82 Å². The molecule has 0 saturated heterocycles. The summed E-state index contributed by atoms with van der Waals surface area (Å²) in [5, 5.41) is 3.05. The smallest absolute Gasteiger partial charge is 0.169 e.